The van der Waals surface area contributed by atoms with Crippen LogP contribution < -0.4 is 10.3 Å². The second kappa shape index (κ2) is 7.96. The van der Waals surface area contributed by atoms with Crippen molar-refractivity contribution in [1.29, 1.82) is 0 Å². The van der Waals surface area contributed by atoms with Crippen LogP contribution in [0, 0.1) is 31.6 Å². The smallest absolute Gasteiger partial charge is 0.254 e. The number of aromatic nitrogens is 3. The lowest BCUT2D eigenvalue weighted by Crippen LogP contribution is -2.25. The van der Waals surface area contributed by atoms with E-state index in [-0.39, 0.29) is 18.2 Å². The normalized spacial score (nSPS) is 14.2. The second-order valence-electron chi connectivity index (χ2n) is 7.39. The molecule has 6 nitrogen and oxygen atoms in total. The summed E-state index contributed by atoms with van der Waals surface area (Å²) in [5, 5.41) is 7.65. The molecular formula is C23H23N3O3. The minimum Gasteiger partial charge on any atom is -0.484 e. The summed E-state index contributed by atoms with van der Waals surface area (Å²) in [4.78, 5) is 12.8. The first-order valence-corrected chi connectivity index (χ1v) is 9.76. The van der Waals surface area contributed by atoms with Crippen molar-refractivity contribution in [2.75, 3.05) is 0 Å². The van der Waals surface area contributed by atoms with Crippen LogP contribution in [0.15, 0.2) is 45.6 Å². The molecule has 3 aromatic rings. The molecule has 1 aromatic carbocycles. The third-order valence-electron chi connectivity index (χ3n) is 4.94. The lowest BCUT2D eigenvalue weighted by molar-refractivity contribution is 0.259. The molecule has 0 bridgehead atoms. The van der Waals surface area contributed by atoms with Crippen LogP contribution in [0.5, 0.6) is 5.75 Å². The maximum Gasteiger partial charge on any atom is 0.254 e. The molecule has 0 aliphatic heterocycles. The molecule has 1 fully saturated rings. The van der Waals surface area contributed by atoms with E-state index in [4.69, 9.17) is 9.15 Å². The van der Waals surface area contributed by atoms with Crippen molar-refractivity contribution in [2.24, 2.45) is 5.92 Å². The largest absolute Gasteiger partial charge is 0.484 e. The molecule has 148 valence electrons. The molecule has 1 saturated carbocycles. The minimum atomic E-state index is -0.119. The summed E-state index contributed by atoms with van der Waals surface area (Å²) in [7, 11) is 0. The Morgan fingerprint density at radius 3 is 2.59 bits per heavy atom. The van der Waals surface area contributed by atoms with E-state index in [2.05, 4.69) is 22.0 Å². The summed E-state index contributed by atoms with van der Waals surface area (Å²) >= 11 is 0. The topological polar surface area (TPSA) is 70.2 Å². The molecule has 2 aromatic heterocycles. The van der Waals surface area contributed by atoms with E-state index in [1.807, 2.05) is 44.2 Å². The van der Waals surface area contributed by atoms with Crippen LogP contribution in [0.4, 0.5) is 0 Å². The van der Waals surface area contributed by atoms with Crippen molar-refractivity contribution in [2.45, 2.75) is 46.3 Å². The van der Waals surface area contributed by atoms with Gasteiger partial charge in [-0.3, -0.25) is 4.79 Å². The van der Waals surface area contributed by atoms with E-state index in [1.165, 1.54) is 18.9 Å². The van der Waals surface area contributed by atoms with Crippen LogP contribution >= 0.6 is 0 Å². The van der Waals surface area contributed by atoms with Gasteiger partial charge >= 0.3 is 0 Å². The van der Waals surface area contributed by atoms with Crippen molar-refractivity contribution in [3.05, 3.63) is 75.4 Å². The first-order valence-electron chi connectivity index (χ1n) is 9.76. The number of hydrogen-bond acceptors (Lipinski definition) is 5. The molecule has 0 saturated heterocycles. The van der Waals surface area contributed by atoms with Crippen LogP contribution in [0.1, 0.15) is 54.4 Å². The van der Waals surface area contributed by atoms with Gasteiger partial charge in [-0.1, -0.05) is 24.0 Å². The monoisotopic (exact) mass is 389 g/mol. The van der Waals surface area contributed by atoms with Gasteiger partial charge in [0.25, 0.3) is 11.4 Å². The molecule has 4 rings (SSSR count). The average molecular weight is 389 g/mol. The Morgan fingerprint density at radius 1 is 1.21 bits per heavy atom. The molecule has 0 spiro atoms. The molecule has 6 heteroatoms. The molecule has 1 atom stereocenters. The highest BCUT2D eigenvalue weighted by atomic mass is 16.5. The summed E-state index contributed by atoms with van der Waals surface area (Å²) in [5.74, 6) is 8.41. The molecule has 0 N–H and O–H groups in total. The maximum absolute atomic E-state index is 12.8. The van der Waals surface area contributed by atoms with Crippen molar-refractivity contribution in [1.82, 2.24) is 14.8 Å². The number of aryl methyl sites for hydroxylation is 2. The minimum absolute atomic E-state index is 0.0967. The van der Waals surface area contributed by atoms with Crippen LogP contribution in [0.2, 0.25) is 0 Å². The van der Waals surface area contributed by atoms with Gasteiger partial charge in [0.15, 0.2) is 6.61 Å². The van der Waals surface area contributed by atoms with Gasteiger partial charge in [-0.05, 0) is 50.5 Å². The Labute approximate surface area is 169 Å². The van der Waals surface area contributed by atoms with Gasteiger partial charge in [-0.25, -0.2) is 0 Å². The number of nitrogens with zero attached hydrogens (tertiary/aromatic N) is 3. The zero-order valence-corrected chi connectivity index (χ0v) is 16.8. The summed E-state index contributed by atoms with van der Waals surface area (Å²) in [5.41, 5.74) is 2.77. The molecular weight excluding hydrogens is 366 g/mol. The van der Waals surface area contributed by atoms with Gasteiger partial charge in [-0.15, -0.1) is 10.2 Å². The highest BCUT2D eigenvalue weighted by Gasteiger charge is 2.18. The third kappa shape index (κ3) is 4.57. The van der Waals surface area contributed by atoms with Gasteiger partial charge in [-0.2, -0.15) is 0 Å². The summed E-state index contributed by atoms with van der Waals surface area (Å²) in [6, 6.07) is 11.3. The summed E-state index contributed by atoms with van der Waals surface area (Å²) in [6.07, 6.45) is 2.44. The van der Waals surface area contributed by atoms with Gasteiger partial charge in [0, 0.05) is 30.2 Å². The van der Waals surface area contributed by atoms with E-state index in [9.17, 15) is 4.79 Å². The molecule has 1 aliphatic carbocycles. The van der Waals surface area contributed by atoms with Crippen molar-refractivity contribution in [3.63, 3.8) is 0 Å². The fourth-order valence-electron chi connectivity index (χ4n) is 3.21. The highest BCUT2D eigenvalue weighted by molar-refractivity contribution is 5.38. The van der Waals surface area contributed by atoms with Gasteiger partial charge in [0.1, 0.15) is 5.75 Å². The predicted octanol–water partition coefficient (Wildman–Crippen LogP) is 3.80. The standard InChI is InChI=1S/C23H23N3O3/c1-15-12-21(28-14-22-25-24-17(3)29-22)13-23(27)26(15)16(2)20-10-8-19(9-11-20)7-6-18-4-5-18/h8-13,16,18H,4-5,14H2,1-3H3/t16-/m1/s1. The lowest BCUT2D eigenvalue weighted by Gasteiger charge is -2.19. The fraction of sp³-hybridized carbons (Fsp3) is 0.348. The van der Waals surface area contributed by atoms with E-state index in [0.717, 1.165) is 16.8 Å². The van der Waals surface area contributed by atoms with Crippen LogP contribution in [0.3, 0.4) is 0 Å². The number of hydrogen-bond donors (Lipinski definition) is 0. The van der Waals surface area contributed by atoms with E-state index in [1.54, 1.807) is 11.5 Å². The Balaban J connectivity index is 1.50. The Hall–Kier alpha value is -3.33. The quantitative estimate of drug-likeness (QED) is 0.621. The predicted molar refractivity (Wildman–Crippen MR) is 109 cm³/mol. The first-order chi connectivity index (χ1) is 14.0. The number of benzene rings is 1. The Kier molecular flexibility index (Phi) is 5.22. The lowest BCUT2D eigenvalue weighted by atomic mass is 10.1. The highest BCUT2D eigenvalue weighted by Crippen LogP contribution is 2.27. The Morgan fingerprint density at radius 2 is 1.97 bits per heavy atom. The molecule has 0 radical (unpaired) electrons. The number of ether oxygens (including phenoxy) is 1. The summed E-state index contributed by atoms with van der Waals surface area (Å²) in [6.45, 7) is 5.76. The van der Waals surface area contributed by atoms with E-state index in [0.29, 0.717) is 23.4 Å². The molecule has 29 heavy (non-hydrogen) atoms. The molecule has 0 unspecified atom stereocenters. The second-order valence-corrected chi connectivity index (χ2v) is 7.39. The number of pyridine rings is 1. The maximum atomic E-state index is 12.8. The number of rotatable bonds is 5. The average Bonchev–Trinajstić information content (AvgIpc) is 3.44. The fourth-order valence-corrected chi connectivity index (χ4v) is 3.21. The SMILES string of the molecule is Cc1nnc(COc2cc(C)n([C@H](C)c3ccc(C#CC4CC4)cc3)c(=O)c2)o1. The summed E-state index contributed by atoms with van der Waals surface area (Å²) < 4.78 is 12.7. The molecule has 0 amide bonds. The van der Waals surface area contributed by atoms with Crippen LogP contribution in [-0.2, 0) is 6.61 Å². The van der Waals surface area contributed by atoms with E-state index >= 15 is 0 Å². The van der Waals surface area contributed by atoms with Crippen molar-refractivity contribution < 1.29 is 9.15 Å². The van der Waals surface area contributed by atoms with Gasteiger partial charge in [0.2, 0.25) is 5.89 Å². The molecule has 1 aliphatic rings. The van der Waals surface area contributed by atoms with Crippen molar-refractivity contribution >= 4 is 0 Å². The molecule has 2 heterocycles. The third-order valence-corrected chi connectivity index (χ3v) is 4.94. The van der Waals surface area contributed by atoms with E-state index < -0.39 is 0 Å². The van der Waals surface area contributed by atoms with Gasteiger partial charge < -0.3 is 13.7 Å². The zero-order chi connectivity index (χ0) is 20.4. The first kappa shape index (κ1) is 19.0. The zero-order valence-electron chi connectivity index (χ0n) is 16.8. The Bertz CT molecular complexity index is 1130. The van der Waals surface area contributed by atoms with Crippen LogP contribution in [0.25, 0.3) is 0 Å². The van der Waals surface area contributed by atoms with Crippen LogP contribution in [-0.4, -0.2) is 14.8 Å². The van der Waals surface area contributed by atoms with Crippen molar-refractivity contribution in [3.8, 4) is 17.6 Å². The van der Waals surface area contributed by atoms with Gasteiger partial charge in [0.05, 0.1) is 6.04 Å².